The van der Waals surface area contributed by atoms with Crippen LogP contribution < -0.4 is 5.32 Å². The number of fused-ring (bicyclic) bond motifs is 1. The van der Waals surface area contributed by atoms with Crippen LogP contribution in [0.15, 0.2) is 34.9 Å². The molecule has 0 radical (unpaired) electrons. The van der Waals surface area contributed by atoms with Crippen molar-refractivity contribution in [2.75, 3.05) is 6.54 Å². The van der Waals surface area contributed by atoms with Crippen LogP contribution in [0.5, 0.6) is 0 Å². The van der Waals surface area contributed by atoms with Crippen molar-refractivity contribution in [3.8, 4) is 17.5 Å². The summed E-state index contributed by atoms with van der Waals surface area (Å²) in [4.78, 5) is 15.8. The molecule has 3 heterocycles. The van der Waals surface area contributed by atoms with E-state index in [-0.39, 0.29) is 29.3 Å². The number of rotatable bonds is 3. The number of nitrogens with zero attached hydrogens (tertiary/aromatic N) is 4. The highest BCUT2D eigenvalue weighted by Crippen LogP contribution is 2.32. The monoisotopic (exact) mass is 335 g/mol. The van der Waals surface area contributed by atoms with Gasteiger partial charge in [-0.3, -0.25) is 4.79 Å². The predicted molar refractivity (Wildman–Crippen MR) is 73.6 cm³/mol. The lowest BCUT2D eigenvalue weighted by Gasteiger charge is -2.09. The quantitative estimate of drug-likeness (QED) is 0.741. The molecule has 0 bridgehead atoms. The first-order chi connectivity index (χ1) is 11.4. The van der Waals surface area contributed by atoms with E-state index in [1.165, 1.54) is 18.4 Å². The molecule has 3 rings (SSSR count). The zero-order chi connectivity index (χ0) is 17.3. The van der Waals surface area contributed by atoms with Crippen molar-refractivity contribution in [1.82, 2.24) is 19.9 Å². The zero-order valence-electron chi connectivity index (χ0n) is 11.8. The Balaban J connectivity index is 2.16. The Morgan fingerprint density at radius 3 is 2.83 bits per heavy atom. The smallest absolute Gasteiger partial charge is 0.433 e. The van der Waals surface area contributed by atoms with Gasteiger partial charge >= 0.3 is 6.18 Å². The highest BCUT2D eigenvalue weighted by atomic mass is 19.4. The molecule has 0 unspecified atom stereocenters. The molecule has 0 saturated heterocycles. The lowest BCUT2D eigenvalue weighted by Crippen LogP contribution is -2.24. The summed E-state index contributed by atoms with van der Waals surface area (Å²) in [7, 11) is 0. The summed E-state index contributed by atoms with van der Waals surface area (Å²) in [5, 5.41) is 14.3. The number of aromatic nitrogens is 3. The fraction of sp³-hybridized carbons (Fsp3) is 0.143. The highest BCUT2D eigenvalue weighted by molar-refractivity contribution is 5.93. The van der Waals surface area contributed by atoms with Gasteiger partial charge in [-0.05, 0) is 18.2 Å². The van der Waals surface area contributed by atoms with Gasteiger partial charge in [0.1, 0.15) is 12.2 Å². The molecule has 0 atom stereocenters. The van der Waals surface area contributed by atoms with Crippen LogP contribution in [0.1, 0.15) is 16.2 Å². The first-order valence-corrected chi connectivity index (χ1v) is 6.57. The predicted octanol–water partition coefficient (Wildman–Crippen LogP) is 2.26. The first-order valence-electron chi connectivity index (χ1n) is 6.57. The highest BCUT2D eigenvalue weighted by Gasteiger charge is 2.35. The van der Waals surface area contributed by atoms with Crippen LogP contribution in [0.25, 0.3) is 17.1 Å². The Kier molecular flexibility index (Phi) is 3.69. The summed E-state index contributed by atoms with van der Waals surface area (Å²) >= 11 is 0. The molecule has 1 N–H and O–H groups in total. The maximum atomic E-state index is 13.3. The average Bonchev–Trinajstić information content (AvgIpc) is 3.19. The summed E-state index contributed by atoms with van der Waals surface area (Å²) in [6, 6.07) is 6.57. The molecule has 0 fully saturated rings. The molecule has 0 spiro atoms. The van der Waals surface area contributed by atoms with Gasteiger partial charge in [-0.1, -0.05) is 0 Å². The first kappa shape index (κ1) is 15.5. The Hall–Kier alpha value is -3.35. The van der Waals surface area contributed by atoms with Crippen LogP contribution in [0.4, 0.5) is 13.2 Å². The topological polar surface area (TPSA) is 96.2 Å². The minimum absolute atomic E-state index is 0.0382. The second-order valence-electron chi connectivity index (χ2n) is 4.64. The van der Waals surface area contributed by atoms with Crippen molar-refractivity contribution >= 4 is 11.6 Å². The molecule has 10 heteroatoms. The van der Waals surface area contributed by atoms with Gasteiger partial charge in [0.25, 0.3) is 5.91 Å². The number of nitriles is 1. The molecule has 24 heavy (non-hydrogen) atoms. The van der Waals surface area contributed by atoms with Crippen molar-refractivity contribution in [1.29, 1.82) is 5.26 Å². The summed E-state index contributed by atoms with van der Waals surface area (Å²) < 4.78 is 45.5. The minimum Gasteiger partial charge on any atom is -0.463 e. The van der Waals surface area contributed by atoms with E-state index < -0.39 is 17.8 Å². The number of carbonyl (C=O) groups is 1. The van der Waals surface area contributed by atoms with E-state index in [0.717, 1.165) is 12.1 Å². The van der Waals surface area contributed by atoms with Gasteiger partial charge in [-0.15, -0.1) is 0 Å². The zero-order valence-corrected chi connectivity index (χ0v) is 11.8. The van der Waals surface area contributed by atoms with E-state index >= 15 is 0 Å². The largest absolute Gasteiger partial charge is 0.463 e. The molecule has 0 aromatic carbocycles. The van der Waals surface area contributed by atoms with E-state index in [4.69, 9.17) is 9.68 Å². The third-order valence-electron chi connectivity index (χ3n) is 3.05. The van der Waals surface area contributed by atoms with Gasteiger partial charge in [-0.25, -0.2) is 9.50 Å². The third-order valence-corrected chi connectivity index (χ3v) is 3.05. The number of carbonyl (C=O) groups excluding carboxylic acids is 1. The Morgan fingerprint density at radius 2 is 2.21 bits per heavy atom. The van der Waals surface area contributed by atoms with E-state index in [9.17, 15) is 18.0 Å². The molecule has 0 aliphatic heterocycles. The van der Waals surface area contributed by atoms with Gasteiger partial charge in [0.2, 0.25) is 0 Å². The molecular formula is C14H8F3N5O2. The second kappa shape index (κ2) is 5.69. The summed E-state index contributed by atoms with van der Waals surface area (Å²) in [5.41, 5.74) is -1.58. The van der Waals surface area contributed by atoms with E-state index in [2.05, 4.69) is 15.4 Å². The molecule has 3 aromatic rings. The van der Waals surface area contributed by atoms with Crippen molar-refractivity contribution in [2.45, 2.75) is 6.18 Å². The second-order valence-corrected chi connectivity index (χ2v) is 4.64. The van der Waals surface area contributed by atoms with Crippen LogP contribution >= 0.6 is 0 Å². The standard InChI is InChI=1S/C14H8F3N5O2/c15-14(16,17)11-6-8(10-2-1-5-24-10)20-12-7-9(21-22(11)12)13(23)19-4-3-18/h1-2,5-7H,4H2,(H,19,23). The van der Waals surface area contributed by atoms with Crippen molar-refractivity contribution < 1.29 is 22.4 Å². The van der Waals surface area contributed by atoms with Crippen molar-refractivity contribution in [3.05, 3.63) is 41.9 Å². The van der Waals surface area contributed by atoms with Gasteiger partial charge in [0.15, 0.2) is 22.8 Å². The van der Waals surface area contributed by atoms with Crippen LogP contribution in [-0.2, 0) is 6.18 Å². The Morgan fingerprint density at radius 1 is 1.42 bits per heavy atom. The Bertz CT molecular complexity index is 938. The van der Waals surface area contributed by atoms with Crippen molar-refractivity contribution in [3.63, 3.8) is 0 Å². The van der Waals surface area contributed by atoms with E-state index in [0.29, 0.717) is 4.52 Å². The van der Waals surface area contributed by atoms with Crippen LogP contribution in [0, 0.1) is 11.3 Å². The molecule has 7 nitrogen and oxygen atoms in total. The van der Waals surface area contributed by atoms with Gasteiger partial charge < -0.3 is 9.73 Å². The lowest BCUT2D eigenvalue weighted by atomic mass is 10.2. The maximum Gasteiger partial charge on any atom is 0.433 e. The number of alkyl halides is 3. The van der Waals surface area contributed by atoms with Crippen LogP contribution in [-0.4, -0.2) is 27.0 Å². The average molecular weight is 335 g/mol. The van der Waals surface area contributed by atoms with E-state index in [1.807, 2.05) is 0 Å². The number of nitrogens with one attached hydrogen (secondary N) is 1. The third kappa shape index (κ3) is 2.79. The molecule has 0 aliphatic rings. The molecule has 3 aromatic heterocycles. The molecule has 0 saturated carbocycles. The summed E-state index contributed by atoms with van der Waals surface area (Å²) in [6.07, 6.45) is -3.40. The van der Waals surface area contributed by atoms with E-state index in [1.54, 1.807) is 6.07 Å². The van der Waals surface area contributed by atoms with Crippen molar-refractivity contribution in [2.24, 2.45) is 0 Å². The normalized spacial score (nSPS) is 11.4. The maximum absolute atomic E-state index is 13.3. The molecule has 122 valence electrons. The SMILES string of the molecule is N#CCNC(=O)c1cc2nc(-c3ccco3)cc(C(F)(F)F)n2n1. The lowest BCUT2D eigenvalue weighted by molar-refractivity contribution is -0.142. The minimum atomic E-state index is -4.71. The van der Waals surface area contributed by atoms with Crippen LogP contribution in [0.2, 0.25) is 0 Å². The van der Waals surface area contributed by atoms with Gasteiger partial charge in [-0.2, -0.15) is 23.5 Å². The van der Waals surface area contributed by atoms with Gasteiger partial charge in [0, 0.05) is 6.07 Å². The molecule has 1 amide bonds. The molecular weight excluding hydrogens is 327 g/mol. The summed E-state index contributed by atoms with van der Waals surface area (Å²) in [5.74, 6) is -0.616. The number of furan rings is 1. The fourth-order valence-corrected chi connectivity index (χ4v) is 2.05. The number of hydrogen-bond donors (Lipinski definition) is 1. The number of halogens is 3. The molecule has 0 aliphatic carbocycles. The fourth-order valence-electron chi connectivity index (χ4n) is 2.05. The summed E-state index contributed by atoms with van der Waals surface area (Å²) in [6.45, 7) is -0.288. The van der Waals surface area contributed by atoms with Crippen LogP contribution in [0.3, 0.4) is 0 Å². The number of hydrogen-bond acceptors (Lipinski definition) is 5. The van der Waals surface area contributed by atoms with Gasteiger partial charge in [0.05, 0.1) is 12.3 Å². The Labute approximate surface area is 132 Å². The number of amides is 1.